The van der Waals surface area contributed by atoms with Gasteiger partial charge < -0.3 is 11.1 Å². The lowest BCUT2D eigenvalue weighted by atomic mass is 9.40. The largest absolute Gasteiger partial charge is 0.301 e. The summed E-state index contributed by atoms with van der Waals surface area (Å²) >= 11 is 0. The van der Waals surface area contributed by atoms with Gasteiger partial charge in [0.1, 0.15) is 0 Å². The molecule has 27 heavy (non-hydrogen) atoms. The summed E-state index contributed by atoms with van der Waals surface area (Å²) < 4.78 is 0. The van der Waals surface area contributed by atoms with E-state index in [-0.39, 0.29) is 32.5 Å². The van der Waals surface area contributed by atoms with Crippen LogP contribution >= 0.6 is 0 Å². The fraction of sp³-hybridized carbons (Fsp3) is 0.778. The summed E-state index contributed by atoms with van der Waals surface area (Å²) in [7, 11) is 0. The monoisotopic (exact) mass is 366 g/mol. The van der Waals surface area contributed by atoms with Crippen LogP contribution in [0.3, 0.4) is 0 Å². The van der Waals surface area contributed by atoms with E-state index in [0.29, 0.717) is 0 Å². The van der Waals surface area contributed by atoms with Gasteiger partial charge in [0.25, 0.3) is 0 Å². The molecule has 0 unspecified atom stereocenters. The van der Waals surface area contributed by atoms with Gasteiger partial charge in [-0.3, -0.25) is 11.1 Å². The summed E-state index contributed by atoms with van der Waals surface area (Å²) in [6, 6.07) is 0. The maximum Gasteiger partial charge on any atom is -0.0584 e. The molecule has 0 heteroatoms. The van der Waals surface area contributed by atoms with Crippen LogP contribution in [0.2, 0.25) is 0 Å². The van der Waals surface area contributed by atoms with Gasteiger partial charge in [0.05, 0.1) is 0 Å². The Morgan fingerprint density at radius 1 is 0.444 bits per heavy atom. The lowest BCUT2D eigenvalue weighted by Crippen LogP contribution is -2.52. The van der Waals surface area contributed by atoms with Crippen LogP contribution in [0.4, 0.5) is 0 Å². The molecular formula is C27H42-2. The lowest BCUT2D eigenvalue weighted by Gasteiger charge is -2.78. The highest BCUT2D eigenvalue weighted by molar-refractivity contribution is 5.79. The standard InChI is InChI=1S/C27H42/c1-22(2)13-24(5,6)20-16-17-19(18(16)22)23(3,4)14-25(7,8)21(17)27(11,12)15-26(20,9)10/h13-15H2,1-12H3/q-2. The van der Waals surface area contributed by atoms with E-state index in [9.17, 15) is 0 Å². The number of hydrogen-bond donors (Lipinski definition) is 0. The van der Waals surface area contributed by atoms with Crippen molar-refractivity contribution < 1.29 is 0 Å². The molecule has 0 aromatic heterocycles. The van der Waals surface area contributed by atoms with Gasteiger partial charge in [0.15, 0.2) is 0 Å². The molecule has 4 aliphatic carbocycles. The number of hydrogen-bond acceptors (Lipinski definition) is 0. The van der Waals surface area contributed by atoms with E-state index < -0.39 is 0 Å². The Morgan fingerprint density at radius 3 is 1.00 bits per heavy atom. The van der Waals surface area contributed by atoms with Crippen molar-refractivity contribution in [2.45, 2.75) is 102 Å². The topological polar surface area (TPSA) is 0 Å². The van der Waals surface area contributed by atoms with Gasteiger partial charge in [-0.05, 0) is 0 Å². The fourth-order valence-corrected chi connectivity index (χ4v) is 9.32. The quantitative estimate of drug-likeness (QED) is 0.380. The van der Waals surface area contributed by atoms with Gasteiger partial charge in [0.2, 0.25) is 0 Å². The summed E-state index contributed by atoms with van der Waals surface area (Å²) in [5.41, 5.74) is 8.44. The van der Waals surface area contributed by atoms with E-state index >= 15 is 0 Å². The van der Waals surface area contributed by atoms with Crippen molar-refractivity contribution in [1.29, 1.82) is 0 Å². The minimum Gasteiger partial charge on any atom is -0.301 e. The normalized spacial score (nSPS) is 33.3. The zero-order valence-corrected chi connectivity index (χ0v) is 20.1. The summed E-state index contributed by atoms with van der Waals surface area (Å²) in [5.74, 6) is 3.53. The second-order valence-electron chi connectivity index (χ2n) is 14.1. The van der Waals surface area contributed by atoms with Crippen LogP contribution in [0, 0.1) is 44.3 Å². The summed E-state index contributed by atoms with van der Waals surface area (Å²) in [5, 5.41) is 0. The van der Waals surface area contributed by atoms with Crippen molar-refractivity contribution in [1.82, 2.24) is 0 Å². The van der Waals surface area contributed by atoms with Crippen LogP contribution < -0.4 is 0 Å². The molecule has 0 spiro atoms. The number of fused-ring (bicyclic) bond motifs is 1. The second-order valence-corrected chi connectivity index (χ2v) is 14.1. The Balaban J connectivity index is 2.08. The second kappa shape index (κ2) is 4.68. The maximum absolute atomic E-state index is 2.53. The smallest absolute Gasteiger partial charge is 0.0584 e. The molecule has 0 atom stereocenters. The van der Waals surface area contributed by atoms with Crippen molar-refractivity contribution in [2.24, 2.45) is 32.5 Å². The number of rotatable bonds is 0. The number of allylic oxidation sites excluding steroid dienone is 4. The molecule has 0 amide bonds. The van der Waals surface area contributed by atoms with Crippen molar-refractivity contribution in [3.05, 3.63) is 34.1 Å². The zero-order valence-electron chi connectivity index (χ0n) is 20.1. The van der Waals surface area contributed by atoms with E-state index in [0.717, 1.165) is 0 Å². The van der Waals surface area contributed by atoms with Gasteiger partial charge in [-0.15, -0.1) is 0 Å². The minimum absolute atomic E-state index is 0.243. The van der Waals surface area contributed by atoms with E-state index in [2.05, 4.69) is 83.1 Å². The molecule has 1 saturated carbocycles. The summed E-state index contributed by atoms with van der Waals surface area (Å²) in [6.45, 7) is 30.2. The Labute approximate surface area is 169 Å². The molecule has 0 N–H and O–H groups in total. The first-order valence-electron chi connectivity index (χ1n) is 11.1. The predicted octanol–water partition coefficient (Wildman–Crippen LogP) is 8.11. The molecule has 1 fully saturated rings. The highest BCUT2D eigenvalue weighted by Gasteiger charge is 2.54. The molecule has 152 valence electrons. The van der Waals surface area contributed by atoms with E-state index in [4.69, 9.17) is 0 Å². The minimum atomic E-state index is 0.243. The maximum atomic E-state index is 2.53. The van der Waals surface area contributed by atoms with Gasteiger partial charge in [0, 0.05) is 0 Å². The van der Waals surface area contributed by atoms with Crippen LogP contribution in [0.5, 0.6) is 0 Å². The van der Waals surface area contributed by atoms with Crippen molar-refractivity contribution in [3.8, 4) is 0 Å². The third kappa shape index (κ3) is 2.28. The summed E-state index contributed by atoms with van der Waals surface area (Å²) in [6.07, 6.45) is 3.79. The third-order valence-electron chi connectivity index (χ3n) is 8.21. The molecule has 0 aromatic carbocycles. The molecule has 0 aliphatic heterocycles. The van der Waals surface area contributed by atoms with E-state index in [1.807, 2.05) is 0 Å². The molecule has 0 nitrogen and oxygen atoms in total. The van der Waals surface area contributed by atoms with Gasteiger partial charge in [-0.2, -0.15) is 0 Å². The first-order chi connectivity index (χ1) is 11.9. The van der Waals surface area contributed by atoms with Gasteiger partial charge in [-0.1, -0.05) is 135 Å². The fourth-order valence-electron chi connectivity index (χ4n) is 9.32. The summed E-state index contributed by atoms with van der Waals surface area (Å²) in [4.78, 5) is 0. The van der Waals surface area contributed by atoms with Crippen molar-refractivity contribution in [3.63, 3.8) is 0 Å². The average Bonchev–Trinajstić information content (AvgIpc) is 2.36. The third-order valence-corrected chi connectivity index (χ3v) is 8.21. The predicted molar refractivity (Wildman–Crippen MR) is 117 cm³/mol. The Hall–Kier alpha value is -0.780. The van der Waals surface area contributed by atoms with Crippen molar-refractivity contribution in [2.75, 3.05) is 0 Å². The van der Waals surface area contributed by atoms with Crippen LogP contribution in [0.15, 0.2) is 22.3 Å². The van der Waals surface area contributed by atoms with Gasteiger partial charge in [-0.25, -0.2) is 11.8 Å². The zero-order chi connectivity index (χ0) is 20.6. The van der Waals surface area contributed by atoms with Crippen molar-refractivity contribution >= 4 is 0 Å². The Morgan fingerprint density at radius 2 is 0.704 bits per heavy atom. The SMILES string of the molecule is CC1(C)CC(C)(C)[C-]2C3=C1C1=C3[C-](C(C)(C)CC1(C)C)C(C)(C)CC2(C)C. The van der Waals surface area contributed by atoms with Crippen LogP contribution in [-0.2, 0) is 0 Å². The first kappa shape index (κ1) is 19.5. The molecule has 0 heterocycles. The van der Waals surface area contributed by atoms with E-state index in [1.54, 1.807) is 34.1 Å². The Bertz CT molecular complexity index is 707. The molecule has 0 saturated heterocycles. The molecule has 4 aliphatic rings. The average molecular weight is 367 g/mol. The highest BCUT2D eigenvalue weighted by atomic mass is 14.7. The van der Waals surface area contributed by atoms with Crippen LogP contribution in [0.1, 0.15) is 102 Å². The molecule has 0 aromatic rings. The van der Waals surface area contributed by atoms with Crippen LogP contribution in [0.25, 0.3) is 0 Å². The molecule has 0 radical (unpaired) electrons. The molecule has 0 bridgehead atoms. The lowest BCUT2D eigenvalue weighted by molar-refractivity contribution is 0.131. The Kier molecular flexibility index (Phi) is 3.39. The molecule has 4 rings (SSSR count). The molecular weight excluding hydrogens is 324 g/mol. The van der Waals surface area contributed by atoms with Crippen LogP contribution in [-0.4, -0.2) is 0 Å². The first-order valence-corrected chi connectivity index (χ1v) is 11.1. The van der Waals surface area contributed by atoms with E-state index in [1.165, 1.54) is 19.3 Å². The highest BCUT2D eigenvalue weighted by Crippen LogP contribution is 2.77. The van der Waals surface area contributed by atoms with Gasteiger partial charge >= 0.3 is 0 Å².